The number of piperidine rings is 1. The van der Waals surface area contributed by atoms with Gasteiger partial charge in [0.05, 0.1) is 5.92 Å². The van der Waals surface area contributed by atoms with Gasteiger partial charge in [0.2, 0.25) is 11.8 Å². The van der Waals surface area contributed by atoms with Crippen molar-refractivity contribution in [3.63, 3.8) is 0 Å². The van der Waals surface area contributed by atoms with Crippen molar-refractivity contribution in [2.24, 2.45) is 5.92 Å². The summed E-state index contributed by atoms with van der Waals surface area (Å²) in [5.41, 5.74) is 2.23. The molecule has 0 bridgehead atoms. The molecule has 1 atom stereocenters. The van der Waals surface area contributed by atoms with Gasteiger partial charge in [-0.1, -0.05) is 41.2 Å². The summed E-state index contributed by atoms with van der Waals surface area (Å²) in [6.07, 6.45) is 3.09. The Balaban J connectivity index is 1.43. The molecule has 1 aromatic carbocycles. The molecule has 3 heterocycles. The normalized spacial score (nSPS) is 16.1. The van der Waals surface area contributed by atoms with Crippen LogP contribution in [0.15, 0.2) is 35.4 Å². The number of aromatic nitrogens is 3. The van der Waals surface area contributed by atoms with Crippen molar-refractivity contribution in [1.29, 1.82) is 0 Å². The molecule has 2 aromatic heterocycles. The lowest BCUT2D eigenvalue weighted by atomic mass is 9.97. The molecule has 3 aromatic rings. The van der Waals surface area contributed by atoms with Gasteiger partial charge in [0.25, 0.3) is 5.56 Å². The van der Waals surface area contributed by atoms with Gasteiger partial charge < -0.3 is 15.5 Å². The van der Waals surface area contributed by atoms with Crippen molar-refractivity contribution in [3.8, 4) is 0 Å². The number of nitrogens with zero attached hydrogens (tertiary/aromatic N) is 4. The molecule has 1 aliphatic rings. The van der Waals surface area contributed by atoms with Crippen LogP contribution in [0.3, 0.4) is 0 Å². The van der Waals surface area contributed by atoms with Crippen molar-refractivity contribution in [2.45, 2.75) is 52.7 Å². The van der Waals surface area contributed by atoms with Crippen molar-refractivity contribution >= 4 is 38.6 Å². The van der Waals surface area contributed by atoms with Crippen LogP contribution in [0.5, 0.6) is 0 Å². The minimum atomic E-state index is -0.287. The average Bonchev–Trinajstić information content (AvgIpc) is 3.26. The van der Waals surface area contributed by atoms with Crippen LogP contribution in [0.2, 0.25) is 0 Å². The van der Waals surface area contributed by atoms with E-state index < -0.39 is 0 Å². The fraction of sp³-hybridized carbons (Fsp3) is 0.458. The quantitative estimate of drug-likeness (QED) is 0.535. The number of aryl methyl sites for hydroxylation is 1. The zero-order valence-corrected chi connectivity index (χ0v) is 20.5. The van der Waals surface area contributed by atoms with Crippen LogP contribution in [0, 0.1) is 12.8 Å². The van der Waals surface area contributed by atoms with Crippen LogP contribution in [0.1, 0.15) is 37.8 Å². The van der Waals surface area contributed by atoms with Crippen LogP contribution in [0.4, 0.5) is 5.13 Å². The molecule has 9 nitrogen and oxygen atoms in total. The maximum Gasteiger partial charge on any atom is 0.273 e. The second kappa shape index (κ2) is 10.3. The molecule has 34 heavy (non-hydrogen) atoms. The highest BCUT2D eigenvalue weighted by Crippen LogP contribution is 2.29. The fourth-order valence-electron chi connectivity index (χ4n) is 3.97. The van der Waals surface area contributed by atoms with Gasteiger partial charge in [-0.2, -0.15) is 4.98 Å². The zero-order valence-electron chi connectivity index (χ0n) is 19.7. The summed E-state index contributed by atoms with van der Waals surface area (Å²) < 4.78 is 1.72. The number of anilines is 1. The van der Waals surface area contributed by atoms with Crippen LogP contribution in [-0.2, 0) is 22.7 Å². The highest BCUT2D eigenvalue weighted by atomic mass is 32.1. The van der Waals surface area contributed by atoms with E-state index in [0.717, 1.165) is 30.5 Å². The lowest BCUT2D eigenvalue weighted by molar-refractivity contribution is -0.125. The summed E-state index contributed by atoms with van der Waals surface area (Å²) in [7, 11) is 0. The van der Waals surface area contributed by atoms with Gasteiger partial charge in [0, 0.05) is 25.7 Å². The van der Waals surface area contributed by atoms with E-state index in [1.54, 1.807) is 0 Å². The van der Waals surface area contributed by atoms with E-state index in [0.29, 0.717) is 28.6 Å². The van der Waals surface area contributed by atoms with Gasteiger partial charge in [0.1, 0.15) is 17.6 Å². The Morgan fingerprint density at radius 1 is 1.24 bits per heavy atom. The van der Waals surface area contributed by atoms with E-state index in [1.807, 2.05) is 45.0 Å². The first kappa shape index (κ1) is 23.9. The van der Waals surface area contributed by atoms with Gasteiger partial charge >= 0.3 is 0 Å². The number of fused-ring (bicyclic) bond motifs is 1. The van der Waals surface area contributed by atoms with Crippen molar-refractivity contribution in [3.05, 3.63) is 52.1 Å². The predicted molar refractivity (Wildman–Crippen MR) is 133 cm³/mol. The first-order valence-electron chi connectivity index (χ1n) is 11.5. The second-order valence-electron chi connectivity index (χ2n) is 9.04. The van der Waals surface area contributed by atoms with Crippen molar-refractivity contribution < 1.29 is 9.59 Å². The van der Waals surface area contributed by atoms with Gasteiger partial charge in [-0.25, -0.2) is 4.98 Å². The smallest absolute Gasteiger partial charge is 0.273 e. The molecule has 2 amide bonds. The molecule has 0 saturated carbocycles. The Kier molecular flexibility index (Phi) is 7.26. The zero-order chi connectivity index (χ0) is 24.2. The number of nitrogens with one attached hydrogen (secondary N) is 2. The summed E-state index contributed by atoms with van der Waals surface area (Å²) in [4.78, 5) is 48.8. The highest BCUT2D eigenvalue weighted by molar-refractivity contribution is 7.22. The number of benzene rings is 1. The minimum absolute atomic E-state index is 0.0536. The Morgan fingerprint density at radius 2 is 2.00 bits per heavy atom. The van der Waals surface area contributed by atoms with Gasteiger partial charge in [-0.3, -0.25) is 19.0 Å². The number of thiazole rings is 1. The van der Waals surface area contributed by atoms with E-state index in [4.69, 9.17) is 0 Å². The Bertz CT molecular complexity index is 1230. The summed E-state index contributed by atoms with van der Waals surface area (Å²) in [6, 6.07) is 8.01. The Morgan fingerprint density at radius 3 is 2.74 bits per heavy atom. The molecule has 0 unspecified atom stereocenters. The summed E-state index contributed by atoms with van der Waals surface area (Å²) in [5.74, 6) is -0.313. The number of hydrogen-bond acceptors (Lipinski definition) is 7. The third kappa shape index (κ3) is 5.61. The van der Waals surface area contributed by atoms with Crippen LogP contribution >= 0.6 is 11.3 Å². The summed E-state index contributed by atoms with van der Waals surface area (Å²) in [6.45, 7) is 7.54. The SMILES string of the molecule is Cc1ccc(CNC(=O)Cn2cnc3nc(N4CCC[C@H](C(=O)NC(C)C)C4)sc3c2=O)cc1. The predicted octanol–water partition coefficient (Wildman–Crippen LogP) is 2.22. The number of hydrogen-bond donors (Lipinski definition) is 2. The Hall–Kier alpha value is -3.27. The molecule has 0 spiro atoms. The second-order valence-corrected chi connectivity index (χ2v) is 10.0. The molecule has 0 radical (unpaired) electrons. The highest BCUT2D eigenvalue weighted by Gasteiger charge is 2.28. The topological polar surface area (TPSA) is 109 Å². The van der Waals surface area contributed by atoms with Crippen LogP contribution < -0.4 is 21.1 Å². The molecular formula is C24H30N6O3S. The molecule has 180 valence electrons. The maximum atomic E-state index is 13.0. The number of carbonyl (C=O) groups excluding carboxylic acids is 2. The van der Waals surface area contributed by atoms with E-state index >= 15 is 0 Å². The number of amides is 2. The number of carbonyl (C=O) groups is 2. The lowest BCUT2D eigenvalue weighted by Gasteiger charge is -2.32. The minimum Gasteiger partial charge on any atom is -0.354 e. The number of rotatable bonds is 7. The summed E-state index contributed by atoms with van der Waals surface area (Å²) >= 11 is 1.27. The molecular weight excluding hydrogens is 452 g/mol. The van der Waals surface area contributed by atoms with Gasteiger partial charge in [-0.05, 0) is 39.2 Å². The first-order valence-corrected chi connectivity index (χ1v) is 12.4. The molecule has 2 N–H and O–H groups in total. The first-order chi connectivity index (χ1) is 16.3. The van der Waals surface area contributed by atoms with E-state index in [2.05, 4.69) is 25.5 Å². The average molecular weight is 483 g/mol. The largest absolute Gasteiger partial charge is 0.354 e. The summed E-state index contributed by atoms with van der Waals surface area (Å²) in [5, 5.41) is 6.51. The van der Waals surface area contributed by atoms with E-state index in [1.165, 1.54) is 22.2 Å². The third-order valence-electron chi connectivity index (χ3n) is 5.79. The fourth-order valence-corrected chi connectivity index (χ4v) is 4.97. The van der Waals surface area contributed by atoms with E-state index in [9.17, 15) is 14.4 Å². The Labute approximate surface area is 202 Å². The molecule has 1 saturated heterocycles. The van der Waals surface area contributed by atoms with Crippen molar-refractivity contribution in [2.75, 3.05) is 18.0 Å². The maximum absolute atomic E-state index is 13.0. The van der Waals surface area contributed by atoms with Gasteiger partial charge in [0.15, 0.2) is 10.8 Å². The molecule has 10 heteroatoms. The van der Waals surface area contributed by atoms with Crippen LogP contribution in [0.25, 0.3) is 10.3 Å². The molecule has 1 fully saturated rings. The van der Waals surface area contributed by atoms with Crippen molar-refractivity contribution in [1.82, 2.24) is 25.2 Å². The third-order valence-corrected chi connectivity index (χ3v) is 6.88. The molecule has 4 rings (SSSR count). The van der Waals surface area contributed by atoms with E-state index in [-0.39, 0.29) is 35.9 Å². The molecule has 0 aliphatic carbocycles. The van der Waals surface area contributed by atoms with Crippen LogP contribution in [-0.4, -0.2) is 45.5 Å². The standard InChI is InChI=1S/C24H30N6O3S/c1-15(2)27-22(32)18-5-4-10-29(12-18)24-28-21-20(34-24)23(33)30(14-26-21)13-19(31)25-11-17-8-6-16(3)7-9-17/h6-9,14-15,18H,4-5,10-13H2,1-3H3,(H,25,31)(H,27,32)/t18-/m0/s1. The monoisotopic (exact) mass is 482 g/mol. The molecule has 1 aliphatic heterocycles. The lowest BCUT2D eigenvalue weighted by Crippen LogP contribution is -2.44. The van der Waals surface area contributed by atoms with Gasteiger partial charge in [-0.15, -0.1) is 0 Å².